The van der Waals surface area contributed by atoms with Crippen molar-refractivity contribution in [1.29, 1.82) is 0 Å². The number of rotatable bonds is 4. The highest BCUT2D eigenvalue weighted by atomic mass is 79.9. The van der Waals surface area contributed by atoms with Crippen LogP contribution in [0.4, 0.5) is 0 Å². The zero-order valence-electron chi connectivity index (χ0n) is 9.81. The van der Waals surface area contributed by atoms with Gasteiger partial charge in [0.25, 0.3) is 0 Å². The number of ether oxygens (including phenoxy) is 1. The highest BCUT2D eigenvalue weighted by molar-refractivity contribution is 9.10. The smallest absolute Gasteiger partial charge is 0.324 e. The van der Waals surface area contributed by atoms with E-state index in [-0.39, 0.29) is 16.5 Å². The average molecular weight is 356 g/mol. The van der Waals surface area contributed by atoms with E-state index in [4.69, 9.17) is 16.3 Å². The van der Waals surface area contributed by atoms with E-state index in [0.29, 0.717) is 4.47 Å². The summed E-state index contributed by atoms with van der Waals surface area (Å²) in [6.45, 7) is 3.05. The van der Waals surface area contributed by atoms with Gasteiger partial charge in [0.2, 0.25) is 0 Å². The van der Waals surface area contributed by atoms with Crippen molar-refractivity contribution < 1.29 is 17.9 Å². The van der Waals surface area contributed by atoms with Crippen LogP contribution in [0.5, 0.6) is 0 Å². The Labute approximate surface area is 119 Å². The lowest BCUT2D eigenvalue weighted by atomic mass is 10.4. The first kappa shape index (κ1) is 15.5. The summed E-state index contributed by atoms with van der Waals surface area (Å²) in [6.07, 6.45) is 0. The van der Waals surface area contributed by atoms with Gasteiger partial charge in [0, 0.05) is 9.50 Å². The maximum Gasteiger partial charge on any atom is 0.324 e. The zero-order valence-corrected chi connectivity index (χ0v) is 13.0. The van der Waals surface area contributed by atoms with Crippen LogP contribution in [0.2, 0.25) is 5.02 Å². The van der Waals surface area contributed by atoms with Crippen LogP contribution in [-0.2, 0) is 19.4 Å². The fourth-order valence-electron chi connectivity index (χ4n) is 1.28. The monoisotopic (exact) mass is 354 g/mol. The summed E-state index contributed by atoms with van der Waals surface area (Å²) in [5, 5.41) is -0.984. The van der Waals surface area contributed by atoms with Crippen molar-refractivity contribution in [2.75, 3.05) is 6.61 Å². The van der Waals surface area contributed by atoms with Gasteiger partial charge >= 0.3 is 5.97 Å². The molecule has 1 unspecified atom stereocenters. The van der Waals surface area contributed by atoms with Crippen LogP contribution in [0.1, 0.15) is 13.8 Å². The third-order valence-electron chi connectivity index (χ3n) is 2.25. The predicted octanol–water partition coefficient (Wildman–Crippen LogP) is 2.83. The van der Waals surface area contributed by atoms with Gasteiger partial charge in [-0.3, -0.25) is 4.79 Å². The van der Waals surface area contributed by atoms with Crippen molar-refractivity contribution >= 4 is 43.3 Å². The van der Waals surface area contributed by atoms with Crippen LogP contribution in [-0.4, -0.2) is 26.2 Å². The van der Waals surface area contributed by atoms with E-state index in [1.165, 1.54) is 19.1 Å². The molecule has 0 heterocycles. The van der Waals surface area contributed by atoms with Crippen LogP contribution < -0.4 is 0 Å². The van der Waals surface area contributed by atoms with Gasteiger partial charge in [-0.2, -0.15) is 0 Å². The minimum absolute atomic E-state index is 0.0116. The topological polar surface area (TPSA) is 60.4 Å². The molecule has 0 saturated heterocycles. The third-order valence-corrected chi connectivity index (χ3v) is 4.94. The van der Waals surface area contributed by atoms with Crippen molar-refractivity contribution in [2.45, 2.75) is 24.0 Å². The molecule has 0 aliphatic rings. The van der Waals surface area contributed by atoms with E-state index < -0.39 is 21.1 Å². The zero-order chi connectivity index (χ0) is 13.9. The standard InChI is InChI=1S/C11H12BrClO4S/c1-3-17-11(14)7(2)18(15,16)10-5-8(12)4-9(13)6-10/h4-7H,3H2,1-2H3. The van der Waals surface area contributed by atoms with Gasteiger partial charge in [0.15, 0.2) is 15.1 Å². The van der Waals surface area contributed by atoms with Gasteiger partial charge in [-0.1, -0.05) is 27.5 Å². The van der Waals surface area contributed by atoms with E-state index in [9.17, 15) is 13.2 Å². The summed E-state index contributed by atoms with van der Waals surface area (Å²) >= 11 is 8.95. The van der Waals surface area contributed by atoms with Crippen LogP contribution in [0.25, 0.3) is 0 Å². The molecule has 18 heavy (non-hydrogen) atoms. The van der Waals surface area contributed by atoms with E-state index in [1.54, 1.807) is 13.0 Å². The number of carbonyl (C=O) groups is 1. The fourth-order valence-corrected chi connectivity index (χ4v) is 3.67. The molecule has 1 atom stereocenters. The number of sulfone groups is 1. The van der Waals surface area contributed by atoms with Gasteiger partial charge in [0.05, 0.1) is 11.5 Å². The Balaban J connectivity index is 3.17. The summed E-state index contributed by atoms with van der Waals surface area (Å²) in [4.78, 5) is 11.5. The summed E-state index contributed by atoms with van der Waals surface area (Å²) < 4.78 is 29.6. The van der Waals surface area contributed by atoms with Crippen molar-refractivity contribution in [2.24, 2.45) is 0 Å². The number of benzene rings is 1. The third kappa shape index (κ3) is 3.46. The van der Waals surface area contributed by atoms with Crippen molar-refractivity contribution in [3.63, 3.8) is 0 Å². The van der Waals surface area contributed by atoms with Gasteiger partial charge in [-0.05, 0) is 32.0 Å². The largest absolute Gasteiger partial charge is 0.465 e. The summed E-state index contributed by atoms with van der Waals surface area (Å²) in [7, 11) is -3.79. The molecule has 0 saturated carbocycles. The highest BCUT2D eigenvalue weighted by Crippen LogP contribution is 2.25. The molecule has 0 N–H and O–H groups in total. The second-order valence-electron chi connectivity index (χ2n) is 3.54. The minimum atomic E-state index is -3.79. The summed E-state index contributed by atoms with van der Waals surface area (Å²) in [6, 6.07) is 4.27. The first-order valence-corrected chi connectivity index (χ1v) is 7.87. The number of halogens is 2. The number of hydrogen-bond acceptors (Lipinski definition) is 4. The first-order chi connectivity index (χ1) is 8.28. The Kier molecular flexibility index (Phi) is 5.19. The Morgan fingerprint density at radius 1 is 1.44 bits per heavy atom. The fraction of sp³-hybridized carbons (Fsp3) is 0.364. The molecule has 4 nitrogen and oxygen atoms in total. The van der Waals surface area contributed by atoms with E-state index in [1.807, 2.05) is 0 Å². The van der Waals surface area contributed by atoms with E-state index >= 15 is 0 Å². The molecule has 100 valence electrons. The van der Waals surface area contributed by atoms with Crippen molar-refractivity contribution in [3.05, 3.63) is 27.7 Å². The molecular weight excluding hydrogens is 344 g/mol. The Morgan fingerprint density at radius 3 is 2.56 bits per heavy atom. The predicted molar refractivity (Wildman–Crippen MR) is 72.4 cm³/mol. The molecule has 1 aromatic carbocycles. The number of carbonyl (C=O) groups excluding carboxylic acids is 1. The molecule has 1 aromatic rings. The lowest BCUT2D eigenvalue weighted by Gasteiger charge is -2.12. The lowest BCUT2D eigenvalue weighted by molar-refractivity contribution is -0.142. The number of esters is 1. The maximum absolute atomic E-state index is 12.2. The molecule has 1 rings (SSSR count). The normalized spacial score (nSPS) is 13.1. The maximum atomic E-state index is 12.2. The van der Waals surface area contributed by atoms with Crippen LogP contribution in [0, 0.1) is 0 Å². The molecule has 7 heteroatoms. The molecular formula is C11H12BrClO4S. The molecule has 0 aliphatic heterocycles. The van der Waals surface area contributed by atoms with Gasteiger partial charge < -0.3 is 4.74 Å². The quantitative estimate of drug-likeness (QED) is 0.779. The Morgan fingerprint density at radius 2 is 2.06 bits per heavy atom. The van der Waals surface area contributed by atoms with Crippen LogP contribution in [0.3, 0.4) is 0 Å². The van der Waals surface area contributed by atoms with Crippen LogP contribution >= 0.6 is 27.5 Å². The van der Waals surface area contributed by atoms with Crippen molar-refractivity contribution in [3.8, 4) is 0 Å². The van der Waals surface area contributed by atoms with Gasteiger partial charge in [-0.25, -0.2) is 8.42 Å². The van der Waals surface area contributed by atoms with E-state index in [2.05, 4.69) is 15.9 Å². The summed E-state index contributed by atoms with van der Waals surface area (Å²) in [5.41, 5.74) is 0. The second kappa shape index (κ2) is 6.04. The molecule has 0 aliphatic carbocycles. The van der Waals surface area contributed by atoms with Gasteiger partial charge in [-0.15, -0.1) is 0 Å². The first-order valence-electron chi connectivity index (χ1n) is 5.15. The molecule has 0 radical (unpaired) electrons. The average Bonchev–Trinajstić information content (AvgIpc) is 2.27. The Bertz CT molecular complexity index is 536. The Hall–Kier alpha value is -0.590. The summed E-state index contributed by atoms with van der Waals surface area (Å²) in [5.74, 6) is -0.770. The van der Waals surface area contributed by atoms with Crippen molar-refractivity contribution in [1.82, 2.24) is 0 Å². The molecule has 0 bridgehead atoms. The molecule has 0 aromatic heterocycles. The number of hydrogen-bond donors (Lipinski definition) is 0. The van der Waals surface area contributed by atoms with Crippen LogP contribution in [0.15, 0.2) is 27.6 Å². The van der Waals surface area contributed by atoms with Gasteiger partial charge in [0.1, 0.15) is 0 Å². The SMILES string of the molecule is CCOC(=O)C(C)S(=O)(=O)c1cc(Cl)cc(Br)c1. The molecule has 0 amide bonds. The molecule has 0 fully saturated rings. The minimum Gasteiger partial charge on any atom is -0.465 e. The molecule has 0 spiro atoms. The lowest BCUT2D eigenvalue weighted by Crippen LogP contribution is -2.29. The van der Waals surface area contributed by atoms with E-state index in [0.717, 1.165) is 0 Å². The highest BCUT2D eigenvalue weighted by Gasteiger charge is 2.31. The second-order valence-corrected chi connectivity index (χ2v) is 7.17.